The van der Waals surface area contributed by atoms with Gasteiger partial charge in [-0.15, -0.1) is 0 Å². The molecule has 1 spiro atoms. The molecular weight excluding hydrogens is 778 g/mol. The van der Waals surface area contributed by atoms with Gasteiger partial charge in [0, 0.05) is 20.2 Å². The fourth-order valence-electron chi connectivity index (χ4n) is 7.66. The van der Waals surface area contributed by atoms with Crippen LogP contribution in [0.2, 0.25) is 0 Å². The van der Waals surface area contributed by atoms with Gasteiger partial charge in [-0.05, 0) is 78.1 Å². The van der Waals surface area contributed by atoms with Crippen molar-refractivity contribution < 1.29 is 52.5 Å². The van der Waals surface area contributed by atoms with Crippen LogP contribution in [0.3, 0.4) is 0 Å². The van der Waals surface area contributed by atoms with E-state index in [1.54, 1.807) is 7.11 Å². The number of carbonyl (C=O) groups excluding carboxylic acids is 6. The summed E-state index contributed by atoms with van der Waals surface area (Å²) in [5.74, 6) is -1.66. The lowest BCUT2D eigenvalue weighted by Gasteiger charge is -2.42. The minimum absolute atomic E-state index is 0.0240. The summed E-state index contributed by atoms with van der Waals surface area (Å²) in [6.07, 6.45) is 5.81. The van der Waals surface area contributed by atoms with E-state index in [-0.39, 0.29) is 67.4 Å². The summed E-state index contributed by atoms with van der Waals surface area (Å²) in [7, 11) is 1.64. The largest absolute Gasteiger partial charge is 0.447 e. The smallest absolute Gasteiger partial charge is 0.407 e. The Morgan fingerprint density at radius 1 is 0.867 bits per heavy atom. The molecule has 2 saturated heterocycles. The molecule has 0 aromatic carbocycles. The van der Waals surface area contributed by atoms with Gasteiger partial charge >= 0.3 is 12.2 Å². The van der Waals surface area contributed by atoms with Crippen LogP contribution in [0.5, 0.6) is 0 Å². The first-order chi connectivity index (χ1) is 28.4. The van der Waals surface area contributed by atoms with E-state index in [1.165, 1.54) is 12.5 Å². The standard InChI is InChI=1S/C42H73N7O11/c1-26(2)14-15-34-41(8,60-34)38-37(56-9)33(16-17-42(38)25-58-42)59-40(55)48-31(28(5)6)24-57-39(54)44-19-13-11-10-12-18-43-35(52)23-47-49-30(20-27(3)4)36(53)32(51)22-46-45-21-29(7)50/h14,27-28,30-31,33-34,37-38,45-47,49H,10-13,15-25H2,1-9H3,(H,43,52)(H,44,54)(H,48,55)/t30-,31-,33?,34+,37?,38?,41?,42-/m0/s1. The van der Waals surface area contributed by atoms with Crippen LogP contribution < -0.4 is 37.7 Å². The molecule has 3 amide bonds. The van der Waals surface area contributed by atoms with E-state index in [1.807, 2.05) is 27.7 Å². The summed E-state index contributed by atoms with van der Waals surface area (Å²) >= 11 is 0. The molecule has 0 radical (unpaired) electrons. The van der Waals surface area contributed by atoms with Crippen LogP contribution in [0.25, 0.3) is 0 Å². The second-order valence-electron chi connectivity index (χ2n) is 17.5. The van der Waals surface area contributed by atoms with Crippen LogP contribution in [0.15, 0.2) is 11.6 Å². The van der Waals surface area contributed by atoms with Crippen molar-refractivity contribution >= 4 is 35.4 Å². The lowest BCUT2D eigenvalue weighted by Crippen LogP contribution is -2.56. The highest BCUT2D eigenvalue weighted by Gasteiger charge is 2.72. The monoisotopic (exact) mass is 852 g/mol. The van der Waals surface area contributed by atoms with E-state index in [4.69, 9.17) is 23.7 Å². The normalized spacial score (nSPS) is 25.2. The minimum Gasteiger partial charge on any atom is -0.447 e. The second kappa shape index (κ2) is 24.8. The van der Waals surface area contributed by atoms with E-state index >= 15 is 0 Å². The van der Waals surface area contributed by atoms with Gasteiger partial charge in [0.2, 0.25) is 17.5 Å². The lowest BCUT2D eigenvalue weighted by atomic mass is 9.68. The highest BCUT2D eigenvalue weighted by atomic mass is 16.6. The maximum atomic E-state index is 13.2. The molecule has 18 nitrogen and oxygen atoms in total. The molecule has 342 valence electrons. The Balaban J connectivity index is 1.28. The van der Waals surface area contributed by atoms with Gasteiger partial charge in [0.05, 0.1) is 50.3 Å². The number of Topliss-reactive ketones (excluding diaryl/α,β-unsaturated/α-hetero) is 3. The van der Waals surface area contributed by atoms with E-state index in [0.29, 0.717) is 39.0 Å². The molecule has 60 heavy (non-hydrogen) atoms. The molecule has 3 rings (SSSR count). The van der Waals surface area contributed by atoms with Crippen molar-refractivity contribution in [1.29, 1.82) is 0 Å². The number of hydrogen-bond donors (Lipinski definition) is 7. The molecule has 4 unspecified atom stereocenters. The first kappa shape index (κ1) is 50.8. The number of ketones is 3. The lowest BCUT2D eigenvalue weighted by molar-refractivity contribution is -0.137. The van der Waals surface area contributed by atoms with E-state index in [2.05, 4.69) is 64.5 Å². The third kappa shape index (κ3) is 16.7. The van der Waals surface area contributed by atoms with Crippen LogP contribution in [0, 0.1) is 17.8 Å². The van der Waals surface area contributed by atoms with Gasteiger partial charge in [0.25, 0.3) is 0 Å². The number of allylic oxidation sites excluding steroid dienone is 1. The van der Waals surface area contributed by atoms with E-state index in [9.17, 15) is 28.8 Å². The van der Waals surface area contributed by atoms with Gasteiger partial charge in [-0.1, -0.05) is 52.2 Å². The van der Waals surface area contributed by atoms with Crippen molar-refractivity contribution in [3.63, 3.8) is 0 Å². The number of amides is 3. The van der Waals surface area contributed by atoms with Crippen molar-refractivity contribution in [2.24, 2.45) is 17.8 Å². The summed E-state index contributed by atoms with van der Waals surface area (Å²) in [6, 6.07) is -1.28. The minimum atomic E-state index is -0.808. The molecule has 3 fully saturated rings. The summed E-state index contributed by atoms with van der Waals surface area (Å²) in [5.41, 5.74) is 11.2. The van der Waals surface area contributed by atoms with Crippen LogP contribution in [-0.2, 0) is 42.9 Å². The average Bonchev–Trinajstić information content (AvgIpc) is 4.10. The van der Waals surface area contributed by atoms with Gasteiger partial charge in [-0.2, -0.15) is 0 Å². The second-order valence-corrected chi connectivity index (χ2v) is 17.5. The SMILES string of the molecule is COC1C(OC(=O)N[C@@H](COC(=O)NCCCCCCNC(=O)CNN[C@@H](CC(C)C)C(=O)C(=O)CNNCC(C)=O)C(C)C)CC[C@]2(CO2)C1C1(C)O[C@@H]1CC=C(C)C. The number of hydrazine groups is 2. The number of epoxide rings is 2. The Hall–Kier alpha value is -3.52. The van der Waals surface area contributed by atoms with Crippen LogP contribution in [0.1, 0.15) is 107 Å². The molecule has 1 aliphatic carbocycles. The van der Waals surface area contributed by atoms with Crippen molar-refractivity contribution in [3.8, 4) is 0 Å². The van der Waals surface area contributed by atoms with Crippen LogP contribution >= 0.6 is 0 Å². The Labute approximate surface area is 355 Å². The highest BCUT2D eigenvalue weighted by Crippen LogP contribution is 2.59. The fraction of sp³-hybridized carbons (Fsp3) is 0.810. The zero-order valence-corrected chi connectivity index (χ0v) is 37.3. The zero-order valence-electron chi connectivity index (χ0n) is 37.3. The van der Waals surface area contributed by atoms with Crippen LogP contribution in [0.4, 0.5) is 9.59 Å². The van der Waals surface area contributed by atoms with Gasteiger partial charge in [-0.3, -0.25) is 24.6 Å². The Kier molecular flexibility index (Phi) is 21.0. The Bertz CT molecular complexity index is 1470. The summed E-state index contributed by atoms with van der Waals surface area (Å²) in [4.78, 5) is 74.0. The number of nitrogens with one attached hydrogen (secondary N) is 7. The van der Waals surface area contributed by atoms with Gasteiger partial charge < -0.3 is 39.6 Å². The highest BCUT2D eigenvalue weighted by molar-refractivity contribution is 6.39. The number of hydrogen-bond acceptors (Lipinski definition) is 15. The molecule has 2 heterocycles. The first-order valence-corrected chi connectivity index (χ1v) is 21.5. The molecule has 0 aromatic heterocycles. The van der Waals surface area contributed by atoms with Gasteiger partial charge in [-0.25, -0.2) is 25.9 Å². The van der Waals surface area contributed by atoms with E-state index in [0.717, 1.165) is 32.1 Å². The van der Waals surface area contributed by atoms with Gasteiger partial charge in [0.1, 0.15) is 35.8 Å². The molecule has 1 saturated carbocycles. The van der Waals surface area contributed by atoms with Gasteiger partial charge in [0.15, 0.2) is 0 Å². The molecule has 2 aliphatic heterocycles. The Morgan fingerprint density at radius 2 is 1.53 bits per heavy atom. The molecule has 0 aromatic rings. The van der Waals surface area contributed by atoms with Crippen molar-refractivity contribution in [3.05, 3.63) is 11.6 Å². The predicted molar refractivity (Wildman–Crippen MR) is 223 cm³/mol. The molecule has 0 bridgehead atoms. The Morgan fingerprint density at radius 3 is 2.13 bits per heavy atom. The van der Waals surface area contributed by atoms with Crippen molar-refractivity contribution in [2.45, 2.75) is 148 Å². The maximum Gasteiger partial charge on any atom is 0.407 e. The summed E-state index contributed by atoms with van der Waals surface area (Å²) in [6.45, 7) is 16.5. The summed E-state index contributed by atoms with van der Waals surface area (Å²) in [5, 5.41) is 8.46. The number of alkyl carbamates (subject to hydrolysis) is 2. The van der Waals surface area contributed by atoms with Crippen molar-refractivity contribution in [1.82, 2.24) is 37.7 Å². The molecule has 18 heteroatoms. The first-order valence-electron chi connectivity index (χ1n) is 21.5. The zero-order chi connectivity index (χ0) is 44.5. The van der Waals surface area contributed by atoms with E-state index < -0.39 is 53.6 Å². The number of carbonyl (C=O) groups is 6. The number of unbranched alkanes of at least 4 members (excludes halogenated alkanes) is 3. The van der Waals surface area contributed by atoms with Crippen LogP contribution in [-0.4, -0.2) is 130 Å². The topological polar surface area (TPSA) is 239 Å². The average molecular weight is 852 g/mol. The maximum absolute atomic E-state index is 13.2. The fourth-order valence-corrected chi connectivity index (χ4v) is 7.66. The number of ether oxygens (including phenoxy) is 5. The molecule has 3 aliphatic rings. The molecule has 7 N–H and O–H groups in total. The quantitative estimate of drug-likeness (QED) is 0.0188. The third-order valence-corrected chi connectivity index (χ3v) is 11.2. The van der Waals surface area contributed by atoms with Crippen molar-refractivity contribution in [2.75, 3.05) is 53.0 Å². The summed E-state index contributed by atoms with van der Waals surface area (Å²) < 4.78 is 29.7. The predicted octanol–water partition coefficient (Wildman–Crippen LogP) is 2.55. The molecule has 8 atom stereocenters. The number of rotatable bonds is 29. The number of methoxy groups -OCH3 is 1. The molecular formula is C42H73N7O11. The third-order valence-electron chi connectivity index (χ3n) is 11.2.